The highest BCUT2D eigenvalue weighted by molar-refractivity contribution is 9.10. The van der Waals surface area contributed by atoms with E-state index in [2.05, 4.69) is 26.1 Å². The van der Waals surface area contributed by atoms with Crippen LogP contribution < -0.4 is 11.1 Å². The first-order chi connectivity index (χ1) is 12.0. The zero-order chi connectivity index (χ0) is 19.5. The van der Waals surface area contributed by atoms with Crippen LogP contribution in [0, 0.1) is 0 Å². The number of hydrogen-bond acceptors (Lipinski definition) is 6. The summed E-state index contributed by atoms with van der Waals surface area (Å²) in [4.78, 5) is 25.2. The number of carbonyl (C=O) groups excluding carboxylic acids is 1. The zero-order valence-electron chi connectivity index (χ0n) is 15.3. The maximum Gasteiger partial charge on any atom is 0.337 e. The van der Waals surface area contributed by atoms with Gasteiger partial charge >= 0.3 is 11.9 Å². The molecule has 0 saturated carbocycles. The molecule has 144 valence electrons. The van der Waals surface area contributed by atoms with Crippen molar-refractivity contribution in [3.63, 3.8) is 0 Å². The number of anilines is 1. The number of benzene rings is 1. The molecule has 1 fully saturated rings. The van der Waals surface area contributed by atoms with Gasteiger partial charge in [-0.25, -0.2) is 4.79 Å². The maximum absolute atomic E-state index is 11.8. The van der Waals surface area contributed by atoms with Crippen molar-refractivity contribution < 1.29 is 19.4 Å². The summed E-state index contributed by atoms with van der Waals surface area (Å²) < 4.78 is 6.03. The van der Waals surface area contributed by atoms with E-state index in [1.165, 1.54) is 0 Å². The number of carboxylic acids is 1. The van der Waals surface area contributed by atoms with Crippen molar-refractivity contribution in [3.8, 4) is 0 Å². The normalized spacial score (nSPS) is 18.1. The first-order valence-corrected chi connectivity index (χ1v) is 9.33. The number of likely N-dealkylation sites (tertiary alicyclic amines) is 1. The summed E-state index contributed by atoms with van der Waals surface area (Å²) >= 11 is 3.43. The van der Waals surface area contributed by atoms with Crippen molar-refractivity contribution in [1.82, 2.24) is 10.2 Å². The van der Waals surface area contributed by atoms with Gasteiger partial charge in [-0.1, -0.05) is 15.9 Å². The van der Waals surface area contributed by atoms with Crippen molar-refractivity contribution >= 4 is 33.6 Å². The fourth-order valence-electron chi connectivity index (χ4n) is 2.93. The Kier molecular flexibility index (Phi) is 6.65. The summed E-state index contributed by atoms with van der Waals surface area (Å²) in [5.74, 6) is -1.29. The summed E-state index contributed by atoms with van der Waals surface area (Å²) in [6.45, 7) is 8.09. The first kappa shape index (κ1) is 20.7. The van der Waals surface area contributed by atoms with Crippen LogP contribution in [0.4, 0.5) is 5.69 Å². The SMILES string of the molecule is CC(C)(C)OC(=O)CN[C@@H]1CCN(Cc2cc(N)c(C(=O)O)cc2Br)C1. The molecule has 0 radical (unpaired) electrons. The first-order valence-electron chi connectivity index (χ1n) is 8.54. The highest BCUT2D eigenvalue weighted by atomic mass is 79.9. The van der Waals surface area contributed by atoms with E-state index in [-0.39, 0.29) is 29.8 Å². The Morgan fingerprint density at radius 3 is 2.73 bits per heavy atom. The summed E-state index contributed by atoms with van der Waals surface area (Å²) in [5.41, 5.74) is 6.66. The molecule has 1 atom stereocenters. The number of nitrogens with one attached hydrogen (secondary N) is 1. The van der Waals surface area contributed by atoms with E-state index in [4.69, 9.17) is 15.6 Å². The average molecular weight is 428 g/mol. The third-order valence-corrected chi connectivity index (χ3v) is 4.81. The Bertz CT molecular complexity index is 688. The molecule has 1 saturated heterocycles. The highest BCUT2D eigenvalue weighted by Gasteiger charge is 2.25. The molecule has 7 nitrogen and oxygen atoms in total. The minimum atomic E-state index is -1.04. The van der Waals surface area contributed by atoms with E-state index in [0.717, 1.165) is 29.5 Å². The lowest BCUT2D eigenvalue weighted by Crippen LogP contribution is -2.38. The molecule has 1 aliphatic rings. The smallest absolute Gasteiger partial charge is 0.337 e. The van der Waals surface area contributed by atoms with Gasteiger partial charge in [0, 0.05) is 35.8 Å². The third-order valence-electron chi connectivity index (χ3n) is 4.07. The fourth-order valence-corrected chi connectivity index (χ4v) is 3.40. The summed E-state index contributed by atoms with van der Waals surface area (Å²) in [5, 5.41) is 12.4. The molecule has 0 amide bonds. The lowest BCUT2D eigenvalue weighted by Gasteiger charge is -2.21. The number of hydrogen-bond donors (Lipinski definition) is 3. The molecule has 1 aromatic carbocycles. The van der Waals surface area contributed by atoms with Gasteiger partial charge in [0.25, 0.3) is 0 Å². The van der Waals surface area contributed by atoms with Gasteiger partial charge in [0.05, 0.1) is 12.1 Å². The summed E-state index contributed by atoms with van der Waals surface area (Å²) in [6.07, 6.45) is 0.934. The Balaban J connectivity index is 1.87. The number of carboxylic acid groups (broad SMARTS) is 1. The largest absolute Gasteiger partial charge is 0.478 e. The number of nitrogens with zero attached hydrogens (tertiary/aromatic N) is 1. The van der Waals surface area contributed by atoms with E-state index >= 15 is 0 Å². The standard InChI is InChI=1S/C18H26BrN3O4/c1-18(2,3)26-16(23)8-21-12-4-5-22(10-12)9-11-6-15(20)13(17(24)25)7-14(11)19/h6-7,12,21H,4-5,8-10,20H2,1-3H3,(H,24,25)/t12-/m1/s1. The number of nitrogens with two attached hydrogens (primary N) is 1. The van der Waals surface area contributed by atoms with Crippen molar-refractivity contribution in [2.75, 3.05) is 25.4 Å². The highest BCUT2D eigenvalue weighted by Crippen LogP contribution is 2.26. The monoisotopic (exact) mass is 427 g/mol. The predicted molar refractivity (Wildman–Crippen MR) is 103 cm³/mol. The number of rotatable bonds is 6. The molecule has 8 heteroatoms. The predicted octanol–water partition coefficient (Wildman–Crippen LogP) is 2.24. The Morgan fingerprint density at radius 1 is 1.42 bits per heavy atom. The van der Waals surface area contributed by atoms with E-state index < -0.39 is 11.6 Å². The molecular formula is C18H26BrN3O4. The van der Waals surface area contributed by atoms with Crippen molar-refractivity contribution in [3.05, 3.63) is 27.7 Å². The molecule has 1 heterocycles. The fraction of sp³-hybridized carbons (Fsp3) is 0.556. The molecule has 0 spiro atoms. The van der Waals surface area contributed by atoms with Crippen LogP contribution in [0.5, 0.6) is 0 Å². The second-order valence-electron chi connectivity index (χ2n) is 7.52. The van der Waals surface area contributed by atoms with Gasteiger partial charge in [-0.15, -0.1) is 0 Å². The van der Waals surface area contributed by atoms with Gasteiger partial charge in [0.2, 0.25) is 0 Å². The van der Waals surface area contributed by atoms with E-state index in [1.807, 2.05) is 20.8 Å². The lowest BCUT2D eigenvalue weighted by atomic mass is 10.1. The maximum atomic E-state index is 11.8. The topological polar surface area (TPSA) is 105 Å². The summed E-state index contributed by atoms with van der Waals surface area (Å²) in [7, 11) is 0. The molecule has 2 rings (SSSR count). The minimum absolute atomic E-state index is 0.0963. The molecule has 4 N–H and O–H groups in total. The molecule has 1 aliphatic heterocycles. The van der Waals surface area contributed by atoms with Crippen molar-refractivity contribution in [1.29, 1.82) is 0 Å². The number of nitrogen functional groups attached to an aromatic ring is 1. The molecule has 0 bridgehead atoms. The molecule has 1 aromatic rings. The van der Waals surface area contributed by atoms with Crippen LogP contribution in [-0.4, -0.2) is 53.2 Å². The third kappa shape index (κ3) is 5.96. The lowest BCUT2D eigenvalue weighted by molar-refractivity contribution is -0.153. The minimum Gasteiger partial charge on any atom is -0.478 e. The van der Waals surface area contributed by atoms with Crippen LogP contribution in [0.2, 0.25) is 0 Å². The number of halogens is 1. The second-order valence-corrected chi connectivity index (χ2v) is 8.38. The van der Waals surface area contributed by atoms with Crippen LogP contribution >= 0.6 is 15.9 Å². The van der Waals surface area contributed by atoms with Crippen LogP contribution in [0.3, 0.4) is 0 Å². The molecular weight excluding hydrogens is 402 g/mol. The van der Waals surface area contributed by atoms with Gasteiger partial charge in [-0.05, 0) is 44.9 Å². The van der Waals surface area contributed by atoms with E-state index in [1.54, 1.807) is 12.1 Å². The van der Waals surface area contributed by atoms with E-state index in [9.17, 15) is 9.59 Å². The van der Waals surface area contributed by atoms with Crippen LogP contribution in [0.25, 0.3) is 0 Å². The quantitative estimate of drug-likeness (QED) is 0.472. The van der Waals surface area contributed by atoms with Gasteiger partial charge in [-0.2, -0.15) is 0 Å². The Hall–Kier alpha value is -1.64. The Labute approximate surface area is 162 Å². The van der Waals surface area contributed by atoms with Crippen LogP contribution in [0.15, 0.2) is 16.6 Å². The van der Waals surface area contributed by atoms with E-state index in [0.29, 0.717) is 6.54 Å². The van der Waals surface area contributed by atoms with Crippen LogP contribution in [-0.2, 0) is 16.1 Å². The van der Waals surface area contributed by atoms with Gasteiger partial charge in [-0.3, -0.25) is 9.69 Å². The number of aromatic carboxylic acids is 1. The van der Waals surface area contributed by atoms with Gasteiger partial charge in [0.1, 0.15) is 5.60 Å². The summed E-state index contributed by atoms with van der Waals surface area (Å²) in [6, 6.07) is 3.47. The molecule has 0 aliphatic carbocycles. The number of carbonyl (C=O) groups is 2. The number of esters is 1. The zero-order valence-corrected chi connectivity index (χ0v) is 16.9. The van der Waals surface area contributed by atoms with Crippen molar-refractivity contribution in [2.24, 2.45) is 0 Å². The number of ether oxygens (including phenoxy) is 1. The van der Waals surface area contributed by atoms with Gasteiger partial charge in [0.15, 0.2) is 0 Å². The van der Waals surface area contributed by atoms with Gasteiger partial charge < -0.3 is 20.9 Å². The van der Waals surface area contributed by atoms with Crippen LogP contribution in [0.1, 0.15) is 43.1 Å². The average Bonchev–Trinajstić information content (AvgIpc) is 2.94. The molecule has 0 unspecified atom stereocenters. The Morgan fingerprint density at radius 2 is 2.12 bits per heavy atom. The molecule has 26 heavy (non-hydrogen) atoms. The van der Waals surface area contributed by atoms with Crippen molar-refractivity contribution in [2.45, 2.75) is 45.4 Å². The molecule has 0 aromatic heterocycles. The second kappa shape index (κ2) is 8.37.